The summed E-state index contributed by atoms with van der Waals surface area (Å²) >= 11 is 1.71. The first-order chi connectivity index (χ1) is 12.3. The van der Waals surface area contributed by atoms with Crippen molar-refractivity contribution in [3.63, 3.8) is 0 Å². The molecule has 0 atom stereocenters. The number of carbonyl (C=O) groups excluding carboxylic acids is 1. The molecule has 0 aliphatic carbocycles. The van der Waals surface area contributed by atoms with Crippen LogP contribution in [-0.2, 0) is 17.9 Å². The number of hydrogen-bond donors (Lipinski definition) is 0. The van der Waals surface area contributed by atoms with Gasteiger partial charge in [0.25, 0.3) is 0 Å². The van der Waals surface area contributed by atoms with E-state index in [-0.39, 0.29) is 5.91 Å². The Balaban J connectivity index is 1.39. The van der Waals surface area contributed by atoms with Gasteiger partial charge in [0.2, 0.25) is 5.91 Å². The van der Waals surface area contributed by atoms with Crippen LogP contribution in [0, 0.1) is 0 Å². The highest BCUT2D eigenvalue weighted by atomic mass is 32.1. The van der Waals surface area contributed by atoms with Crippen LogP contribution in [0.2, 0.25) is 0 Å². The molecule has 0 radical (unpaired) electrons. The van der Waals surface area contributed by atoms with Crippen molar-refractivity contribution >= 4 is 17.2 Å². The molecule has 2 aromatic heterocycles. The van der Waals surface area contributed by atoms with Gasteiger partial charge < -0.3 is 9.80 Å². The number of rotatable bonds is 4. The second kappa shape index (κ2) is 7.70. The molecule has 4 heterocycles. The van der Waals surface area contributed by atoms with Gasteiger partial charge >= 0.3 is 0 Å². The van der Waals surface area contributed by atoms with Crippen LogP contribution >= 0.6 is 11.3 Å². The van der Waals surface area contributed by atoms with E-state index in [1.54, 1.807) is 11.3 Å². The lowest BCUT2D eigenvalue weighted by Crippen LogP contribution is -2.36. The number of fused-ring (bicyclic) bond motifs is 1. The minimum atomic E-state index is 0.290. The van der Waals surface area contributed by atoms with Gasteiger partial charge in [-0.3, -0.25) is 9.48 Å². The number of likely N-dealkylation sites (tertiary alicyclic amines) is 1. The van der Waals surface area contributed by atoms with Crippen LogP contribution in [-0.4, -0.2) is 51.7 Å². The fourth-order valence-electron chi connectivity index (χ4n) is 3.81. The fraction of sp³-hybridized carbons (Fsp3) is 0.579. The van der Waals surface area contributed by atoms with Gasteiger partial charge in [0.15, 0.2) is 0 Å². The molecule has 2 aromatic rings. The molecule has 1 saturated heterocycles. The van der Waals surface area contributed by atoms with Crippen molar-refractivity contribution < 1.29 is 4.79 Å². The van der Waals surface area contributed by atoms with Gasteiger partial charge in [0, 0.05) is 26.1 Å². The molecule has 5 nitrogen and oxygen atoms in total. The van der Waals surface area contributed by atoms with Gasteiger partial charge in [0.05, 0.1) is 17.1 Å². The van der Waals surface area contributed by atoms with Gasteiger partial charge in [-0.2, -0.15) is 5.10 Å². The summed E-state index contributed by atoms with van der Waals surface area (Å²) in [5.41, 5.74) is 2.19. The molecule has 2 aliphatic heterocycles. The van der Waals surface area contributed by atoms with Crippen molar-refractivity contribution in [3.8, 4) is 10.6 Å². The summed E-state index contributed by atoms with van der Waals surface area (Å²) in [6, 6.07) is 6.32. The van der Waals surface area contributed by atoms with E-state index in [4.69, 9.17) is 5.10 Å². The number of carbonyl (C=O) groups is 1. The first-order valence-corrected chi connectivity index (χ1v) is 10.3. The Hall–Kier alpha value is -1.66. The van der Waals surface area contributed by atoms with Crippen LogP contribution < -0.4 is 0 Å². The second-order valence-corrected chi connectivity index (χ2v) is 7.99. The Morgan fingerprint density at radius 2 is 2.00 bits per heavy atom. The van der Waals surface area contributed by atoms with Gasteiger partial charge in [-0.1, -0.05) is 12.5 Å². The average molecular weight is 359 g/mol. The summed E-state index contributed by atoms with van der Waals surface area (Å²) in [5, 5.41) is 6.83. The Morgan fingerprint density at radius 1 is 1.12 bits per heavy atom. The maximum Gasteiger partial charge on any atom is 0.224 e. The van der Waals surface area contributed by atoms with Crippen molar-refractivity contribution in [3.05, 3.63) is 29.3 Å². The highest BCUT2D eigenvalue weighted by molar-refractivity contribution is 7.13. The Morgan fingerprint density at radius 3 is 2.80 bits per heavy atom. The number of nitrogens with zero attached hydrogens (tertiary/aromatic N) is 4. The standard InChI is InChI=1S/C19H26N4OS/c24-19(7-12-21-8-2-1-3-9-21)22-10-5-11-23-16(15-22)14-17(20-23)18-6-4-13-25-18/h4,6,13-14H,1-3,5,7-12,15H2. The minimum Gasteiger partial charge on any atom is -0.337 e. The number of aryl methyl sites for hydroxylation is 1. The van der Waals surface area contributed by atoms with Crippen LogP contribution in [0.5, 0.6) is 0 Å². The quantitative estimate of drug-likeness (QED) is 0.843. The number of piperidine rings is 1. The van der Waals surface area contributed by atoms with E-state index < -0.39 is 0 Å². The summed E-state index contributed by atoms with van der Waals surface area (Å²) in [6.07, 6.45) is 5.53. The summed E-state index contributed by atoms with van der Waals surface area (Å²) in [5.74, 6) is 0.290. The summed E-state index contributed by atoms with van der Waals surface area (Å²) < 4.78 is 2.09. The Kier molecular flexibility index (Phi) is 5.17. The van der Waals surface area contributed by atoms with Crippen molar-refractivity contribution in [2.45, 2.75) is 45.2 Å². The Bertz CT molecular complexity index is 703. The van der Waals surface area contributed by atoms with Crippen molar-refractivity contribution in [1.29, 1.82) is 0 Å². The zero-order valence-corrected chi connectivity index (χ0v) is 15.5. The van der Waals surface area contributed by atoms with Gasteiger partial charge in [0.1, 0.15) is 5.69 Å². The first-order valence-electron chi connectivity index (χ1n) is 9.40. The van der Waals surface area contributed by atoms with Gasteiger partial charge in [-0.05, 0) is 49.9 Å². The summed E-state index contributed by atoms with van der Waals surface area (Å²) in [4.78, 5) is 18.4. The molecule has 0 unspecified atom stereocenters. The zero-order chi connectivity index (χ0) is 17.1. The van der Waals surface area contributed by atoms with Crippen LogP contribution in [0.3, 0.4) is 0 Å². The Labute approximate surface area is 153 Å². The second-order valence-electron chi connectivity index (χ2n) is 7.04. The summed E-state index contributed by atoms with van der Waals surface area (Å²) in [6.45, 7) is 5.66. The highest BCUT2D eigenvalue weighted by Gasteiger charge is 2.22. The predicted octanol–water partition coefficient (Wildman–Crippen LogP) is 3.22. The normalized spacial score (nSPS) is 18.8. The van der Waals surface area contributed by atoms with E-state index in [0.717, 1.165) is 50.5 Å². The molecule has 4 rings (SSSR count). The van der Waals surface area contributed by atoms with Gasteiger partial charge in [-0.15, -0.1) is 11.3 Å². The number of amides is 1. The van der Waals surface area contributed by atoms with Crippen molar-refractivity contribution in [2.75, 3.05) is 26.2 Å². The minimum absolute atomic E-state index is 0.290. The largest absolute Gasteiger partial charge is 0.337 e. The van der Waals surface area contributed by atoms with E-state index in [9.17, 15) is 4.79 Å². The summed E-state index contributed by atoms with van der Waals surface area (Å²) in [7, 11) is 0. The lowest BCUT2D eigenvalue weighted by atomic mass is 10.1. The number of thiophene rings is 1. The van der Waals surface area contributed by atoms with Crippen LogP contribution in [0.25, 0.3) is 10.6 Å². The van der Waals surface area contributed by atoms with E-state index in [0.29, 0.717) is 13.0 Å². The molecule has 2 aliphatic rings. The predicted molar refractivity (Wildman–Crippen MR) is 100 cm³/mol. The SMILES string of the molecule is O=C(CCN1CCCCC1)N1CCCn2nc(-c3cccs3)cc2C1. The highest BCUT2D eigenvalue weighted by Crippen LogP contribution is 2.26. The van der Waals surface area contributed by atoms with E-state index in [1.807, 2.05) is 4.90 Å². The smallest absolute Gasteiger partial charge is 0.224 e. The molecule has 0 bridgehead atoms. The first kappa shape index (κ1) is 16.8. The lowest BCUT2D eigenvalue weighted by Gasteiger charge is -2.27. The maximum absolute atomic E-state index is 12.7. The van der Waals surface area contributed by atoms with Crippen LogP contribution in [0.4, 0.5) is 0 Å². The molecule has 0 N–H and O–H groups in total. The molecule has 25 heavy (non-hydrogen) atoms. The third-order valence-electron chi connectivity index (χ3n) is 5.23. The zero-order valence-electron chi connectivity index (χ0n) is 14.7. The third kappa shape index (κ3) is 3.96. The third-order valence-corrected chi connectivity index (χ3v) is 6.12. The molecule has 0 spiro atoms. The van der Waals surface area contributed by atoms with E-state index in [1.165, 1.54) is 24.1 Å². The lowest BCUT2D eigenvalue weighted by molar-refractivity contribution is -0.132. The molecule has 1 amide bonds. The molecule has 0 saturated carbocycles. The topological polar surface area (TPSA) is 41.4 Å². The molecular formula is C19H26N4OS. The maximum atomic E-state index is 12.7. The average Bonchev–Trinajstić information content (AvgIpc) is 3.26. The monoisotopic (exact) mass is 358 g/mol. The molecule has 6 heteroatoms. The molecular weight excluding hydrogens is 332 g/mol. The van der Waals surface area contributed by atoms with Crippen molar-refractivity contribution in [2.24, 2.45) is 0 Å². The van der Waals surface area contributed by atoms with Crippen LogP contribution in [0.15, 0.2) is 23.6 Å². The van der Waals surface area contributed by atoms with Crippen molar-refractivity contribution in [1.82, 2.24) is 19.6 Å². The van der Waals surface area contributed by atoms with Gasteiger partial charge in [-0.25, -0.2) is 0 Å². The molecule has 1 fully saturated rings. The van der Waals surface area contributed by atoms with E-state index >= 15 is 0 Å². The number of hydrogen-bond acceptors (Lipinski definition) is 4. The van der Waals surface area contributed by atoms with E-state index in [2.05, 4.69) is 33.2 Å². The molecule has 0 aromatic carbocycles. The fourth-order valence-corrected chi connectivity index (χ4v) is 4.50. The molecule has 134 valence electrons. The van der Waals surface area contributed by atoms with Crippen LogP contribution in [0.1, 0.15) is 37.8 Å². The number of aromatic nitrogens is 2.